The molecule has 1 amide bonds. The van der Waals surface area contributed by atoms with Gasteiger partial charge in [0.05, 0.1) is 13.2 Å². The standard InChI is InChI=1S/C19H23N3O3.2ClH/c1-24-17-8-7-15(22-19(23)16-6-2-3-10-21-16)11-18(17)25-13-14-5-4-9-20-12-14;;/h4-5,7-9,11-12,16,21H,2-3,6,10,13H2,1H3,(H,22,23);2*1H. The van der Waals surface area contributed by atoms with Crippen LogP contribution < -0.4 is 20.1 Å². The molecule has 3 rings (SSSR count). The zero-order chi connectivity index (χ0) is 17.5. The lowest BCUT2D eigenvalue weighted by atomic mass is 10.0. The summed E-state index contributed by atoms with van der Waals surface area (Å²) >= 11 is 0. The second kappa shape index (κ2) is 11.6. The highest BCUT2D eigenvalue weighted by Gasteiger charge is 2.20. The third-order valence-electron chi connectivity index (χ3n) is 4.18. The zero-order valence-corrected chi connectivity index (χ0v) is 16.8. The maximum atomic E-state index is 12.4. The Kier molecular flexibility index (Phi) is 9.93. The van der Waals surface area contributed by atoms with E-state index in [1.54, 1.807) is 31.6 Å². The second-order valence-corrected chi connectivity index (χ2v) is 6.01. The molecular weight excluding hydrogens is 389 g/mol. The van der Waals surface area contributed by atoms with Crippen molar-refractivity contribution in [2.45, 2.75) is 31.9 Å². The van der Waals surface area contributed by atoms with Gasteiger partial charge in [-0.2, -0.15) is 0 Å². The van der Waals surface area contributed by atoms with E-state index in [1.165, 1.54) is 0 Å². The molecule has 1 fully saturated rings. The van der Waals surface area contributed by atoms with E-state index >= 15 is 0 Å². The number of hydrogen-bond donors (Lipinski definition) is 2. The van der Waals surface area contributed by atoms with Crippen molar-refractivity contribution in [1.82, 2.24) is 10.3 Å². The average Bonchev–Trinajstić information content (AvgIpc) is 2.68. The number of nitrogens with zero attached hydrogens (tertiary/aromatic N) is 1. The van der Waals surface area contributed by atoms with Crippen molar-refractivity contribution in [2.24, 2.45) is 0 Å². The molecule has 0 aliphatic carbocycles. The van der Waals surface area contributed by atoms with Gasteiger partial charge in [0.1, 0.15) is 6.61 Å². The van der Waals surface area contributed by atoms with E-state index in [-0.39, 0.29) is 36.8 Å². The monoisotopic (exact) mass is 413 g/mol. The number of ether oxygens (including phenoxy) is 2. The van der Waals surface area contributed by atoms with Crippen molar-refractivity contribution in [3.05, 3.63) is 48.3 Å². The minimum Gasteiger partial charge on any atom is -0.493 e. The van der Waals surface area contributed by atoms with E-state index in [0.29, 0.717) is 23.8 Å². The molecule has 1 aromatic carbocycles. The number of anilines is 1. The van der Waals surface area contributed by atoms with Gasteiger partial charge in [-0.25, -0.2) is 0 Å². The van der Waals surface area contributed by atoms with Gasteiger partial charge in [0.2, 0.25) is 5.91 Å². The van der Waals surface area contributed by atoms with Crippen molar-refractivity contribution in [3.8, 4) is 11.5 Å². The summed E-state index contributed by atoms with van der Waals surface area (Å²) in [7, 11) is 1.59. The lowest BCUT2D eigenvalue weighted by molar-refractivity contribution is -0.118. The molecule has 0 bridgehead atoms. The topological polar surface area (TPSA) is 72.5 Å². The first-order valence-electron chi connectivity index (χ1n) is 8.50. The van der Waals surface area contributed by atoms with E-state index < -0.39 is 0 Å². The Morgan fingerprint density at radius 1 is 1.26 bits per heavy atom. The van der Waals surface area contributed by atoms with Crippen LogP contribution in [0, 0.1) is 0 Å². The van der Waals surface area contributed by atoms with Gasteiger partial charge in [0.15, 0.2) is 11.5 Å². The molecule has 0 spiro atoms. The molecule has 0 radical (unpaired) electrons. The van der Waals surface area contributed by atoms with E-state index in [1.807, 2.05) is 18.2 Å². The molecule has 1 saturated heterocycles. The molecular formula is C19H25Cl2N3O3. The fourth-order valence-corrected chi connectivity index (χ4v) is 2.82. The summed E-state index contributed by atoms with van der Waals surface area (Å²) in [5, 5.41) is 6.20. The first kappa shape index (κ1) is 23.0. The van der Waals surface area contributed by atoms with Crippen molar-refractivity contribution in [3.63, 3.8) is 0 Å². The number of benzene rings is 1. The minimum atomic E-state index is -0.129. The Balaban J connectivity index is 0.00000182. The minimum absolute atomic E-state index is 0. The van der Waals surface area contributed by atoms with E-state index in [0.717, 1.165) is 31.4 Å². The predicted molar refractivity (Wildman–Crippen MR) is 110 cm³/mol. The van der Waals surface area contributed by atoms with Crippen LogP contribution >= 0.6 is 24.8 Å². The highest BCUT2D eigenvalue weighted by molar-refractivity contribution is 5.95. The molecule has 1 aliphatic heterocycles. The number of aromatic nitrogens is 1. The number of pyridine rings is 1. The van der Waals surface area contributed by atoms with Gasteiger partial charge >= 0.3 is 0 Å². The number of rotatable bonds is 6. The third kappa shape index (κ3) is 6.57. The number of amides is 1. The van der Waals surface area contributed by atoms with Crippen molar-refractivity contribution >= 4 is 36.4 Å². The smallest absolute Gasteiger partial charge is 0.241 e. The molecule has 2 N–H and O–H groups in total. The van der Waals surface area contributed by atoms with E-state index in [4.69, 9.17) is 9.47 Å². The Morgan fingerprint density at radius 3 is 2.78 bits per heavy atom. The number of halogens is 2. The van der Waals surface area contributed by atoms with E-state index in [2.05, 4.69) is 15.6 Å². The van der Waals surface area contributed by atoms with Crippen LogP contribution in [0.1, 0.15) is 24.8 Å². The summed E-state index contributed by atoms with van der Waals surface area (Å²) in [4.78, 5) is 16.4. The Morgan fingerprint density at radius 2 is 2.11 bits per heavy atom. The SMILES string of the molecule is COc1ccc(NC(=O)C2CCCCN2)cc1OCc1cccnc1.Cl.Cl. The highest BCUT2D eigenvalue weighted by Crippen LogP contribution is 2.31. The van der Waals surface area contributed by atoms with Crippen molar-refractivity contribution < 1.29 is 14.3 Å². The molecule has 27 heavy (non-hydrogen) atoms. The maximum absolute atomic E-state index is 12.4. The Hall–Kier alpha value is -2.02. The van der Waals surface area contributed by atoms with Gasteiger partial charge in [-0.05, 0) is 37.6 Å². The summed E-state index contributed by atoms with van der Waals surface area (Å²) in [6.07, 6.45) is 6.55. The molecule has 148 valence electrons. The summed E-state index contributed by atoms with van der Waals surface area (Å²) in [5.41, 5.74) is 1.66. The molecule has 8 heteroatoms. The molecule has 6 nitrogen and oxygen atoms in total. The largest absolute Gasteiger partial charge is 0.493 e. The fourth-order valence-electron chi connectivity index (χ4n) is 2.82. The van der Waals surface area contributed by atoms with Gasteiger partial charge < -0.3 is 20.1 Å². The zero-order valence-electron chi connectivity index (χ0n) is 15.1. The molecule has 0 saturated carbocycles. The molecule has 2 heterocycles. The van der Waals surface area contributed by atoms with Crippen LogP contribution in [0.15, 0.2) is 42.7 Å². The Bertz CT molecular complexity index is 711. The number of methoxy groups -OCH3 is 1. The van der Waals surface area contributed by atoms with Gasteiger partial charge in [-0.1, -0.05) is 12.5 Å². The van der Waals surface area contributed by atoms with Crippen LogP contribution in [0.5, 0.6) is 11.5 Å². The second-order valence-electron chi connectivity index (χ2n) is 6.01. The molecule has 1 atom stereocenters. The quantitative estimate of drug-likeness (QED) is 0.756. The summed E-state index contributed by atoms with van der Waals surface area (Å²) < 4.78 is 11.2. The normalized spacial score (nSPS) is 15.7. The first-order chi connectivity index (χ1) is 12.3. The lowest BCUT2D eigenvalue weighted by Gasteiger charge is -2.22. The number of carbonyl (C=O) groups excluding carboxylic acids is 1. The van der Waals surface area contributed by atoms with Crippen LogP contribution in [0.2, 0.25) is 0 Å². The highest BCUT2D eigenvalue weighted by atomic mass is 35.5. The van der Waals surface area contributed by atoms with Gasteiger partial charge in [-0.15, -0.1) is 24.8 Å². The predicted octanol–water partition coefficient (Wildman–Crippen LogP) is 3.59. The van der Waals surface area contributed by atoms with Crippen LogP contribution in [0.3, 0.4) is 0 Å². The van der Waals surface area contributed by atoms with Gasteiger partial charge in [-0.3, -0.25) is 9.78 Å². The third-order valence-corrected chi connectivity index (χ3v) is 4.18. The molecule has 1 aromatic heterocycles. The van der Waals surface area contributed by atoms with Gasteiger partial charge in [0.25, 0.3) is 0 Å². The number of piperidine rings is 1. The first-order valence-corrected chi connectivity index (χ1v) is 8.50. The van der Waals surface area contributed by atoms with Crippen LogP contribution in [-0.2, 0) is 11.4 Å². The van der Waals surface area contributed by atoms with Crippen LogP contribution in [0.25, 0.3) is 0 Å². The van der Waals surface area contributed by atoms with Crippen LogP contribution in [-0.4, -0.2) is 30.6 Å². The van der Waals surface area contributed by atoms with Crippen LogP contribution in [0.4, 0.5) is 5.69 Å². The number of nitrogens with one attached hydrogen (secondary N) is 2. The van der Waals surface area contributed by atoms with E-state index in [9.17, 15) is 4.79 Å². The summed E-state index contributed by atoms with van der Waals surface area (Å²) in [5.74, 6) is 1.20. The maximum Gasteiger partial charge on any atom is 0.241 e. The average molecular weight is 414 g/mol. The van der Waals surface area contributed by atoms with Gasteiger partial charge in [0, 0.05) is 29.7 Å². The summed E-state index contributed by atoms with van der Waals surface area (Å²) in [6.45, 7) is 1.27. The molecule has 1 unspecified atom stereocenters. The number of carbonyl (C=O) groups is 1. The van der Waals surface area contributed by atoms with Crippen molar-refractivity contribution in [2.75, 3.05) is 19.0 Å². The molecule has 2 aromatic rings. The molecule has 1 aliphatic rings. The fraction of sp³-hybridized carbons (Fsp3) is 0.368. The summed E-state index contributed by atoms with van der Waals surface area (Å²) in [6, 6.07) is 9.08. The Labute approximate surface area is 171 Å². The number of hydrogen-bond acceptors (Lipinski definition) is 5. The lowest BCUT2D eigenvalue weighted by Crippen LogP contribution is -2.43. The van der Waals surface area contributed by atoms with Crippen molar-refractivity contribution in [1.29, 1.82) is 0 Å².